The van der Waals surface area contributed by atoms with Gasteiger partial charge in [-0.25, -0.2) is 0 Å². The van der Waals surface area contributed by atoms with E-state index in [1.165, 1.54) is 38.5 Å². The smallest absolute Gasteiger partial charge is 0.247 e. The Hall–Kier alpha value is -3.62. The molecule has 45 heavy (non-hydrogen) atoms. The standard InChI is InChI=1S/C37H49N3O5/c1-2-3-4-5-6-7-8-9-10-19-33(42)40(22-20-27-24-26-15-11-13-17-30(26)39-27)31-25-29(37(44)38-21-23-41)34-28-16-12-14-18-32(28)45-36(34)35(31)43/h11-18,24-25,31,34-36,39,41,43H,2-10,19-23H2,1H3,(H,38,44). The molecule has 4 N–H and O–H groups in total. The zero-order valence-corrected chi connectivity index (χ0v) is 26.5. The lowest BCUT2D eigenvalue weighted by Gasteiger charge is -2.40. The first-order valence-electron chi connectivity index (χ1n) is 16.9. The summed E-state index contributed by atoms with van der Waals surface area (Å²) in [6, 6.07) is 17.0. The van der Waals surface area contributed by atoms with E-state index in [1.54, 1.807) is 11.0 Å². The van der Waals surface area contributed by atoms with Crippen LogP contribution in [0.3, 0.4) is 0 Å². The van der Waals surface area contributed by atoms with Crippen LogP contribution < -0.4 is 10.1 Å². The fourth-order valence-electron chi connectivity index (χ4n) is 6.87. The van der Waals surface area contributed by atoms with E-state index < -0.39 is 24.2 Å². The minimum absolute atomic E-state index is 0.0292. The molecular weight excluding hydrogens is 566 g/mol. The summed E-state index contributed by atoms with van der Waals surface area (Å²) in [6.07, 6.45) is 11.5. The normalized spacial score (nSPS) is 20.3. The fourth-order valence-corrected chi connectivity index (χ4v) is 6.87. The first-order chi connectivity index (χ1) is 22.0. The molecule has 2 heterocycles. The summed E-state index contributed by atoms with van der Waals surface area (Å²) in [7, 11) is 0. The number of aromatic nitrogens is 1. The van der Waals surface area contributed by atoms with Crippen LogP contribution in [0.2, 0.25) is 0 Å². The Labute approximate surface area is 266 Å². The lowest BCUT2D eigenvalue weighted by Crippen LogP contribution is -2.56. The number of hydrogen-bond acceptors (Lipinski definition) is 5. The average Bonchev–Trinajstić information content (AvgIpc) is 3.66. The molecule has 0 saturated carbocycles. The van der Waals surface area contributed by atoms with E-state index in [2.05, 4.69) is 29.4 Å². The number of unbranched alkanes of at least 4 members (excludes halogenated alkanes) is 8. The molecule has 8 nitrogen and oxygen atoms in total. The predicted octanol–water partition coefficient (Wildman–Crippen LogP) is 5.78. The predicted molar refractivity (Wildman–Crippen MR) is 177 cm³/mol. The van der Waals surface area contributed by atoms with Gasteiger partial charge in [-0.1, -0.05) is 94.7 Å². The van der Waals surface area contributed by atoms with Gasteiger partial charge >= 0.3 is 0 Å². The minimum atomic E-state index is -1.02. The number of carbonyl (C=O) groups excluding carboxylic acids is 2. The molecule has 0 spiro atoms. The molecule has 0 saturated heterocycles. The number of H-pyrrole nitrogens is 1. The summed E-state index contributed by atoms with van der Waals surface area (Å²) >= 11 is 0. The monoisotopic (exact) mass is 615 g/mol. The van der Waals surface area contributed by atoms with Crippen molar-refractivity contribution < 1.29 is 24.5 Å². The maximum absolute atomic E-state index is 13.9. The number of benzene rings is 2. The number of aromatic amines is 1. The van der Waals surface area contributed by atoms with Crippen molar-refractivity contribution in [3.63, 3.8) is 0 Å². The van der Waals surface area contributed by atoms with Crippen molar-refractivity contribution in [3.8, 4) is 5.75 Å². The van der Waals surface area contributed by atoms with Gasteiger partial charge in [0.1, 0.15) is 18.0 Å². The zero-order chi connectivity index (χ0) is 31.6. The number of hydrogen-bond donors (Lipinski definition) is 4. The average molecular weight is 616 g/mol. The van der Waals surface area contributed by atoms with Gasteiger partial charge in [-0.15, -0.1) is 0 Å². The van der Waals surface area contributed by atoms with Gasteiger partial charge in [0.15, 0.2) is 0 Å². The lowest BCUT2D eigenvalue weighted by atomic mass is 9.77. The second-order valence-corrected chi connectivity index (χ2v) is 12.5. The van der Waals surface area contributed by atoms with Crippen LogP contribution in [0.25, 0.3) is 10.9 Å². The molecule has 1 aliphatic heterocycles. The number of aliphatic hydroxyl groups excluding tert-OH is 2. The third kappa shape index (κ3) is 7.97. The van der Waals surface area contributed by atoms with Gasteiger partial charge in [0.2, 0.25) is 11.8 Å². The van der Waals surface area contributed by atoms with Crippen molar-refractivity contribution in [1.29, 1.82) is 0 Å². The number of amides is 2. The molecular formula is C37H49N3O5. The Morgan fingerprint density at radius 1 is 0.956 bits per heavy atom. The molecule has 242 valence electrons. The Kier molecular flexibility index (Phi) is 11.7. The van der Waals surface area contributed by atoms with Gasteiger partial charge in [-0.2, -0.15) is 0 Å². The number of nitrogens with zero attached hydrogens (tertiary/aromatic N) is 1. The highest BCUT2D eigenvalue weighted by molar-refractivity contribution is 5.96. The van der Waals surface area contributed by atoms with Crippen LogP contribution >= 0.6 is 0 Å². The van der Waals surface area contributed by atoms with Crippen LogP contribution in [0.15, 0.2) is 66.2 Å². The second kappa shape index (κ2) is 16.1. The van der Waals surface area contributed by atoms with Crippen LogP contribution in [0.1, 0.15) is 88.3 Å². The number of ether oxygens (including phenoxy) is 1. The maximum atomic E-state index is 13.9. The van der Waals surface area contributed by atoms with Gasteiger partial charge in [0, 0.05) is 48.3 Å². The summed E-state index contributed by atoms with van der Waals surface area (Å²) in [4.78, 5) is 32.6. The molecule has 0 fully saturated rings. The van der Waals surface area contributed by atoms with Crippen molar-refractivity contribution in [2.24, 2.45) is 0 Å². The molecule has 3 aromatic rings. The highest BCUT2D eigenvalue weighted by atomic mass is 16.5. The number of carbonyl (C=O) groups is 2. The Bertz CT molecular complexity index is 1420. The van der Waals surface area contributed by atoms with Crippen LogP contribution in [0.5, 0.6) is 5.75 Å². The van der Waals surface area contributed by atoms with Crippen LogP contribution in [-0.2, 0) is 16.0 Å². The molecule has 2 aliphatic rings. The SMILES string of the molecule is CCCCCCCCCCCC(=O)N(CCc1cc2ccccc2[nH]1)C1C=C(C(=O)NCCO)C2c3ccccc3OC2C1O. The topological polar surface area (TPSA) is 115 Å². The van der Waals surface area contributed by atoms with E-state index >= 15 is 0 Å². The Balaban J connectivity index is 1.35. The molecule has 5 rings (SSSR count). The quantitative estimate of drug-likeness (QED) is 0.144. The van der Waals surface area contributed by atoms with Gasteiger partial charge in [-0.3, -0.25) is 9.59 Å². The van der Waals surface area contributed by atoms with Gasteiger partial charge in [-0.05, 0) is 36.1 Å². The molecule has 2 amide bonds. The van der Waals surface area contributed by atoms with Crippen LogP contribution in [-0.4, -0.2) is 69.9 Å². The highest BCUT2D eigenvalue weighted by Crippen LogP contribution is 2.47. The molecule has 0 bridgehead atoms. The van der Waals surface area contributed by atoms with Crippen molar-refractivity contribution in [3.05, 3.63) is 77.5 Å². The van der Waals surface area contributed by atoms with Crippen molar-refractivity contribution in [2.75, 3.05) is 19.7 Å². The van der Waals surface area contributed by atoms with Crippen LogP contribution in [0, 0.1) is 0 Å². The van der Waals surface area contributed by atoms with E-state index in [-0.39, 0.29) is 25.0 Å². The van der Waals surface area contributed by atoms with E-state index in [0.29, 0.717) is 30.7 Å². The first-order valence-corrected chi connectivity index (χ1v) is 16.9. The summed E-state index contributed by atoms with van der Waals surface area (Å²) < 4.78 is 6.27. The number of aliphatic hydroxyl groups is 2. The van der Waals surface area contributed by atoms with Gasteiger partial charge in [0.05, 0.1) is 18.6 Å². The maximum Gasteiger partial charge on any atom is 0.247 e. The summed E-state index contributed by atoms with van der Waals surface area (Å²) in [5, 5.41) is 25.1. The van der Waals surface area contributed by atoms with Crippen molar-refractivity contribution in [2.45, 2.75) is 102 Å². The summed E-state index contributed by atoms with van der Waals surface area (Å²) in [6.45, 7) is 2.55. The lowest BCUT2D eigenvalue weighted by molar-refractivity contribution is -0.137. The molecule has 4 unspecified atom stereocenters. The minimum Gasteiger partial charge on any atom is -0.486 e. The molecule has 2 aromatic carbocycles. The Morgan fingerprint density at radius 2 is 1.67 bits per heavy atom. The zero-order valence-electron chi connectivity index (χ0n) is 26.5. The fraction of sp³-hybridized carbons (Fsp3) is 0.514. The summed E-state index contributed by atoms with van der Waals surface area (Å²) in [5.41, 5.74) is 3.35. The molecule has 1 aliphatic carbocycles. The van der Waals surface area contributed by atoms with E-state index in [9.17, 15) is 19.8 Å². The van der Waals surface area contributed by atoms with Gasteiger partial charge in [0.25, 0.3) is 0 Å². The molecule has 1 aromatic heterocycles. The van der Waals surface area contributed by atoms with Crippen molar-refractivity contribution >= 4 is 22.7 Å². The van der Waals surface area contributed by atoms with Crippen molar-refractivity contribution in [1.82, 2.24) is 15.2 Å². The number of nitrogens with one attached hydrogen (secondary N) is 2. The van der Waals surface area contributed by atoms with Crippen LogP contribution in [0.4, 0.5) is 0 Å². The summed E-state index contributed by atoms with van der Waals surface area (Å²) in [5.74, 6) is -0.176. The first kappa shape index (κ1) is 32.8. The van der Waals surface area contributed by atoms with E-state index in [1.807, 2.05) is 42.5 Å². The second-order valence-electron chi connectivity index (χ2n) is 12.5. The molecule has 0 radical (unpaired) electrons. The molecule has 4 atom stereocenters. The highest BCUT2D eigenvalue weighted by Gasteiger charge is 2.50. The van der Waals surface area contributed by atoms with E-state index in [4.69, 9.17) is 4.74 Å². The third-order valence-electron chi connectivity index (χ3n) is 9.26. The number of para-hydroxylation sites is 2. The van der Waals surface area contributed by atoms with Gasteiger partial charge < -0.3 is 30.2 Å². The molecule has 8 heteroatoms. The number of rotatable bonds is 17. The third-order valence-corrected chi connectivity index (χ3v) is 9.26. The van der Waals surface area contributed by atoms with E-state index in [0.717, 1.165) is 41.4 Å². The number of fused-ring (bicyclic) bond motifs is 4. The Morgan fingerprint density at radius 3 is 2.42 bits per heavy atom. The largest absolute Gasteiger partial charge is 0.486 e.